The second kappa shape index (κ2) is 4.49. The molecule has 4 heteroatoms. The summed E-state index contributed by atoms with van der Waals surface area (Å²) in [6.45, 7) is 1.85. The van der Waals surface area contributed by atoms with Crippen LogP contribution in [0.3, 0.4) is 0 Å². The van der Waals surface area contributed by atoms with Crippen LogP contribution in [0.15, 0.2) is 11.6 Å². The molecule has 62 valence electrons. The molecular formula is C7H12N2O2. The third-order valence-corrected chi connectivity index (χ3v) is 1.13. The molecule has 0 aromatic rings. The van der Waals surface area contributed by atoms with Crippen molar-refractivity contribution < 1.29 is 9.59 Å². The summed E-state index contributed by atoms with van der Waals surface area (Å²) >= 11 is 0. The predicted molar refractivity (Wildman–Crippen MR) is 41.4 cm³/mol. The number of primary amides is 2. The van der Waals surface area contributed by atoms with E-state index in [1.807, 2.05) is 6.92 Å². The first-order valence-electron chi connectivity index (χ1n) is 3.35. The van der Waals surface area contributed by atoms with Crippen LogP contribution in [-0.2, 0) is 9.59 Å². The molecule has 0 unspecified atom stereocenters. The van der Waals surface area contributed by atoms with Gasteiger partial charge in [-0.15, -0.1) is 0 Å². The molecule has 0 rings (SSSR count). The molecule has 0 spiro atoms. The van der Waals surface area contributed by atoms with E-state index in [9.17, 15) is 9.59 Å². The van der Waals surface area contributed by atoms with E-state index in [2.05, 4.69) is 0 Å². The zero-order valence-electron chi connectivity index (χ0n) is 6.46. The Kier molecular flexibility index (Phi) is 3.95. The molecule has 4 nitrogen and oxygen atoms in total. The van der Waals surface area contributed by atoms with Crippen molar-refractivity contribution in [3.63, 3.8) is 0 Å². The molecule has 0 aliphatic heterocycles. The van der Waals surface area contributed by atoms with Gasteiger partial charge >= 0.3 is 0 Å². The van der Waals surface area contributed by atoms with Crippen molar-refractivity contribution in [1.29, 1.82) is 0 Å². The van der Waals surface area contributed by atoms with Gasteiger partial charge in [-0.25, -0.2) is 0 Å². The van der Waals surface area contributed by atoms with E-state index in [0.29, 0.717) is 12.0 Å². The van der Waals surface area contributed by atoms with Crippen LogP contribution in [0.5, 0.6) is 0 Å². The molecule has 0 aliphatic rings. The van der Waals surface area contributed by atoms with Gasteiger partial charge in [-0.05, 0) is 6.42 Å². The molecule has 11 heavy (non-hydrogen) atoms. The van der Waals surface area contributed by atoms with Crippen molar-refractivity contribution in [3.8, 4) is 0 Å². The normalized spacial score (nSPS) is 11.2. The van der Waals surface area contributed by atoms with Crippen molar-refractivity contribution >= 4 is 11.8 Å². The third kappa shape index (κ3) is 4.13. The summed E-state index contributed by atoms with van der Waals surface area (Å²) in [5.74, 6) is -1.12. The van der Waals surface area contributed by atoms with E-state index in [1.54, 1.807) is 6.08 Å². The summed E-state index contributed by atoms with van der Waals surface area (Å²) in [6, 6.07) is 0. The van der Waals surface area contributed by atoms with Crippen molar-refractivity contribution in [1.82, 2.24) is 0 Å². The molecule has 0 atom stereocenters. The van der Waals surface area contributed by atoms with Crippen molar-refractivity contribution in [2.75, 3.05) is 0 Å². The number of carbonyl (C=O) groups is 2. The Balaban J connectivity index is 4.23. The molecule has 0 heterocycles. The van der Waals surface area contributed by atoms with Crippen LogP contribution in [0.1, 0.15) is 19.8 Å². The largest absolute Gasteiger partial charge is 0.369 e. The highest BCUT2D eigenvalue weighted by Gasteiger charge is 2.06. The minimum absolute atomic E-state index is 0.0663. The zero-order valence-corrected chi connectivity index (χ0v) is 6.46. The number of rotatable bonds is 4. The van der Waals surface area contributed by atoms with Gasteiger partial charge in [0.25, 0.3) is 0 Å². The van der Waals surface area contributed by atoms with Crippen LogP contribution in [0.2, 0.25) is 0 Å². The van der Waals surface area contributed by atoms with Gasteiger partial charge in [0.2, 0.25) is 11.8 Å². The lowest BCUT2D eigenvalue weighted by molar-refractivity contribution is -0.120. The topological polar surface area (TPSA) is 86.2 Å². The molecule has 0 aliphatic carbocycles. The Morgan fingerprint density at radius 3 is 2.18 bits per heavy atom. The molecular weight excluding hydrogens is 144 g/mol. The first kappa shape index (κ1) is 9.68. The predicted octanol–water partition coefficient (Wildman–Crippen LogP) is -0.317. The van der Waals surface area contributed by atoms with Gasteiger partial charge in [0.15, 0.2) is 0 Å². The number of nitrogens with two attached hydrogens (primary N) is 2. The molecule has 4 N–H and O–H groups in total. The maximum atomic E-state index is 10.6. The van der Waals surface area contributed by atoms with E-state index in [1.165, 1.54) is 0 Å². The van der Waals surface area contributed by atoms with Crippen LogP contribution in [0.4, 0.5) is 0 Å². The first-order chi connectivity index (χ1) is 5.07. The monoisotopic (exact) mass is 156 g/mol. The van der Waals surface area contributed by atoms with Crippen molar-refractivity contribution in [2.24, 2.45) is 11.5 Å². The lowest BCUT2D eigenvalue weighted by Crippen LogP contribution is -2.20. The number of allylic oxidation sites excluding steroid dienone is 1. The Morgan fingerprint density at radius 1 is 1.36 bits per heavy atom. The summed E-state index contributed by atoms with van der Waals surface area (Å²) in [5.41, 5.74) is 10.1. The number of hydrogen-bond acceptors (Lipinski definition) is 2. The fraction of sp³-hybridized carbons (Fsp3) is 0.429. The van der Waals surface area contributed by atoms with Crippen molar-refractivity contribution in [3.05, 3.63) is 11.6 Å². The highest BCUT2D eigenvalue weighted by Crippen LogP contribution is 2.00. The minimum Gasteiger partial charge on any atom is -0.369 e. The molecule has 0 saturated heterocycles. The Hall–Kier alpha value is -1.32. The summed E-state index contributed by atoms with van der Waals surface area (Å²) in [4.78, 5) is 20.9. The van der Waals surface area contributed by atoms with Gasteiger partial charge in [0, 0.05) is 5.57 Å². The van der Waals surface area contributed by atoms with Gasteiger partial charge in [-0.1, -0.05) is 13.0 Å². The van der Waals surface area contributed by atoms with Gasteiger partial charge in [-0.2, -0.15) is 0 Å². The van der Waals surface area contributed by atoms with E-state index in [-0.39, 0.29) is 6.42 Å². The van der Waals surface area contributed by atoms with E-state index in [4.69, 9.17) is 11.5 Å². The van der Waals surface area contributed by atoms with E-state index >= 15 is 0 Å². The summed E-state index contributed by atoms with van der Waals surface area (Å²) in [6.07, 6.45) is 2.21. The SMILES string of the molecule is CCC=C(CC(N)=O)C(N)=O. The molecule has 0 aromatic carbocycles. The van der Waals surface area contributed by atoms with Gasteiger partial charge in [0.1, 0.15) is 0 Å². The summed E-state index contributed by atoms with van der Waals surface area (Å²) < 4.78 is 0. The van der Waals surface area contributed by atoms with Crippen LogP contribution in [0, 0.1) is 0 Å². The van der Waals surface area contributed by atoms with E-state index in [0.717, 1.165) is 0 Å². The number of hydrogen-bond donors (Lipinski definition) is 2. The first-order valence-corrected chi connectivity index (χ1v) is 3.35. The second-order valence-corrected chi connectivity index (χ2v) is 2.14. The smallest absolute Gasteiger partial charge is 0.244 e. The van der Waals surface area contributed by atoms with Gasteiger partial charge in [0.05, 0.1) is 6.42 Å². The molecule has 0 fully saturated rings. The Morgan fingerprint density at radius 2 is 1.91 bits per heavy atom. The highest BCUT2D eigenvalue weighted by atomic mass is 16.2. The zero-order chi connectivity index (χ0) is 8.85. The highest BCUT2D eigenvalue weighted by molar-refractivity contribution is 5.97. The minimum atomic E-state index is -0.578. The van der Waals surface area contributed by atoms with Crippen LogP contribution in [-0.4, -0.2) is 11.8 Å². The van der Waals surface area contributed by atoms with Crippen LogP contribution in [0.25, 0.3) is 0 Å². The average molecular weight is 156 g/mol. The molecule has 0 aromatic heterocycles. The second-order valence-electron chi connectivity index (χ2n) is 2.14. The van der Waals surface area contributed by atoms with Crippen molar-refractivity contribution in [2.45, 2.75) is 19.8 Å². The van der Waals surface area contributed by atoms with Crippen LogP contribution < -0.4 is 11.5 Å². The summed E-state index contributed by atoms with van der Waals surface area (Å²) in [7, 11) is 0. The van der Waals surface area contributed by atoms with Crippen LogP contribution >= 0.6 is 0 Å². The summed E-state index contributed by atoms with van der Waals surface area (Å²) in [5, 5.41) is 0. The Bertz CT molecular complexity index is 197. The molecule has 0 radical (unpaired) electrons. The van der Waals surface area contributed by atoms with Gasteiger partial charge < -0.3 is 11.5 Å². The third-order valence-electron chi connectivity index (χ3n) is 1.13. The fourth-order valence-corrected chi connectivity index (χ4v) is 0.694. The number of carbonyl (C=O) groups excluding carboxylic acids is 2. The quantitative estimate of drug-likeness (QED) is 0.547. The molecule has 0 bridgehead atoms. The fourth-order valence-electron chi connectivity index (χ4n) is 0.694. The standard InChI is InChI=1S/C7H12N2O2/c1-2-3-5(7(9)11)4-6(8)10/h3H,2,4H2,1H3,(H2,8,10)(H2,9,11). The lowest BCUT2D eigenvalue weighted by Gasteiger charge is -1.97. The molecule has 2 amide bonds. The lowest BCUT2D eigenvalue weighted by atomic mass is 10.1. The van der Waals surface area contributed by atoms with E-state index < -0.39 is 11.8 Å². The number of amides is 2. The van der Waals surface area contributed by atoms with Gasteiger partial charge in [-0.3, -0.25) is 9.59 Å². The maximum absolute atomic E-state index is 10.6. The molecule has 0 saturated carbocycles. The average Bonchev–Trinajstić information content (AvgIpc) is 1.86. The maximum Gasteiger partial charge on any atom is 0.244 e. The Labute approximate surface area is 65.2 Å².